The van der Waals surface area contributed by atoms with Gasteiger partial charge in [-0.3, -0.25) is 4.79 Å². The molecule has 0 saturated carbocycles. The lowest BCUT2D eigenvalue weighted by molar-refractivity contribution is -0.151. The lowest BCUT2D eigenvalue weighted by Gasteiger charge is -2.24. The van der Waals surface area contributed by atoms with Crippen molar-refractivity contribution < 1.29 is 9.53 Å². The molecule has 0 bridgehead atoms. The number of ether oxygens (including phenoxy) is 1. The van der Waals surface area contributed by atoms with Gasteiger partial charge in [0.1, 0.15) is 5.60 Å². The van der Waals surface area contributed by atoms with Crippen molar-refractivity contribution in [1.82, 2.24) is 0 Å². The maximum Gasteiger partial charge on any atom is 0.316 e. The smallest absolute Gasteiger partial charge is 0.316 e. The predicted molar refractivity (Wildman–Crippen MR) is 85.8 cm³/mol. The molecule has 0 fully saturated rings. The highest BCUT2D eigenvalue weighted by molar-refractivity contribution is 8.00. The first kappa shape index (κ1) is 17.1. The van der Waals surface area contributed by atoms with E-state index in [1.54, 1.807) is 11.8 Å². The quantitative estimate of drug-likeness (QED) is 0.816. The Morgan fingerprint density at radius 3 is 2.40 bits per heavy atom. The first-order valence-corrected chi connectivity index (χ1v) is 8.02. The average Bonchev–Trinajstić information content (AvgIpc) is 2.38. The molecule has 1 aromatic carbocycles. The van der Waals surface area contributed by atoms with Gasteiger partial charge >= 0.3 is 5.97 Å². The van der Waals surface area contributed by atoms with E-state index in [0.717, 1.165) is 12.0 Å². The van der Waals surface area contributed by atoms with Crippen LogP contribution in [0.15, 0.2) is 30.3 Å². The number of carbonyl (C=O) groups excluding carboxylic acids is 1. The molecule has 3 nitrogen and oxygen atoms in total. The molecule has 0 amide bonds. The zero-order valence-electron chi connectivity index (χ0n) is 12.8. The highest BCUT2D eigenvalue weighted by Gasteiger charge is 2.21. The molecule has 2 atom stereocenters. The summed E-state index contributed by atoms with van der Waals surface area (Å²) in [5, 5.41) is 0.213. The molecule has 0 aromatic heterocycles. The molecule has 0 spiro atoms. The minimum absolute atomic E-state index is 0.0614. The number of carbonyl (C=O) groups is 1. The van der Waals surface area contributed by atoms with Crippen LogP contribution in [0, 0.1) is 0 Å². The Morgan fingerprint density at radius 2 is 1.90 bits per heavy atom. The Hall–Kier alpha value is -1.00. The van der Waals surface area contributed by atoms with E-state index in [0.29, 0.717) is 5.75 Å². The molecule has 2 unspecified atom stereocenters. The first-order chi connectivity index (χ1) is 9.33. The van der Waals surface area contributed by atoms with E-state index in [1.807, 2.05) is 51.1 Å². The standard InChI is InChI=1S/C16H25NO2S/c1-5-13(15(17)12-9-7-6-8-10-12)20-11-14(18)19-16(2,3)4/h6-10,13,15H,5,11,17H2,1-4H3. The third kappa shape index (κ3) is 5.97. The van der Waals surface area contributed by atoms with Gasteiger partial charge in [0.2, 0.25) is 0 Å². The van der Waals surface area contributed by atoms with Crippen molar-refractivity contribution in [2.45, 2.75) is 51.0 Å². The lowest BCUT2D eigenvalue weighted by atomic mass is 10.0. The van der Waals surface area contributed by atoms with Gasteiger partial charge in [0, 0.05) is 11.3 Å². The molecule has 0 aliphatic carbocycles. The summed E-state index contributed by atoms with van der Waals surface area (Å²) in [6.07, 6.45) is 0.920. The topological polar surface area (TPSA) is 52.3 Å². The molecule has 0 radical (unpaired) electrons. The van der Waals surface area contributed by atoms with Gasteiger partial charge in [0.25, 0.3) is 0 Å². The molecule has 1 aromatic rings. The number of hydrogen-bond donors (Lipinski definition) is 1. The van der Waals surface area contributed by atoms with E-state index in [1.165, 1.54) is 0 Å². The SMILES string of the molecule is CCC(SCC(=O)OC(C)(C)C)C(N)c1ccccc1. The van der Waals surface area contributed by atoms with Crippen LogP contribution in [0.1, 0.15) is 45.7 Å². The van der Waals surface area contributed by atoms with Gasteiger partial charge in [-0.2, -0.15) is 0 Å². The van der Waals surface area contributed by atoms with Gasteiger partial charge in [-0.25, -0.2) is 0 Å². The zero-order chi connectivity index (χ0) is 15.2. The van der Waals surface area contributed by atoms with Crippen LogP contribution in [0.2, 0.25) is 0 Å². The van der Waals surface area contributed by atoms with Gasteiger partial charge < -0.3 is 10.5 Å². The minimum atomic E-state index is -0.430. The van der Waals surface area contributed by atoms with Gasteiger partial charge in [0.15, 0.2) is 0 Å². The summed E-state index contributed by atoms with van der Waals surface area (Å²) in [5.74, 6) is 0.164. The molecule has 0 aliphatic heterocycles. The highest BCUT2D eigenvalue weighted by Crippen LogP contribution is 2.27. The highest BCUT2D eigenvalue weighted by atomic mass is 32.2. The number of hydrogen-bond acceptors (Lipinski definition) is 4. The van der Waals surface area contributed by atoms with E-state index in [2.05, 4.69) is 6.92 Å². The first-order valence-electron chi connectivity index (χ1n) is 6.97. The van der Waals surface area contributed by atoms with Crippen molar-refractivity contribution in [3.8, 4) is 0 Å². The number of esters is 1. The zero-order valence-corrected chi connectivity index (χ0v) is 13.6. The van der Waals surface area contributed by atoms with Gasteiger partial charge in [-0.05, 0) is 32.8 Å². The van der Waals surface area contributed by atoms with E-state index in [4.69, 9.17) is 10.5 Å². The third-order valence-electron chi connectivity index (χ3n) is 2.82. The van der Waals surface area contributed by atoms with Crippen molar-refractivity contribution >= 4 is 17.7 Å². The molecule has 0 aliphatic rings. The summed E-state index contributed by atoms with van der Waals surface area (Å²) in [7, 11) is 0. The fraction of sp³-hybridized carbons (Fsp3) is 0.562. The molecule has 2 N–H and O–H groups in total. The van der Waals surface area contributed by atoms with Crippen molar-refractivity contribution in [3.05, 3.63) is 35.9 Å². The minimum Gasteiger partial charge on any atom is -0.459 e. The van der Waals surface area contributed by atoms with E-state index < -0.39 is 5.60 Å². The number of nitrogens with two attached hydrogens (primary N) is 1. The summed E-state index contributed by atoms with van der Waals surface area (Å²) in [4.78, 5) is 11.8. The van der Waals surface area contributed by atoms with E-state index in [-0.39, 0.29) is 17.3 Å². The average molecular weight is 295 g/mol. The summed E-state index contributed by atoms with van der Waals surface area (Å²) in [6, 6.07) is 9.95. The lowest BCUT2D eigenvalue weighted by Crippen LogP contribution is -2.28. The van der Waals surface area contributed by atoms with E-state index in [9.17, 15) is 4.79 Å². The monoisotopic (exact) mass is 295 g/mol. The second-order valence-corrected chi connectivity index (χ2v) is 7.01. The summed E-state index contributed by atoms with van der Waals surface area (Å²) in [6.45, 7) is 7.73. The van der Waals surface area contributed by atoms with Crippen molar-refractivity contribution in [2.75, 3.05) is 5.75 Å². The van der Waals surface area contributed by atoms with Crippen LogP contribution in [0.25, 0.3) is 0 Å². The van der Waals surface area contributed by atoms with Crippen molar-refractivity contribution in [1.29, 1.82) is 0 Å². The predicted octanol–water partition coefficient (Wildman–Crippen LogP) is 3.54. The summed E-state index contributed by atoms with van der Waals surface area (Å²) in [5.41, 5.74) is 6.97. The molecular weight excluding hydrogens is 270 g/mol. The van der Waals surface area contributed by atoms with Crippen molar-refractivity contribution in [2.24, 2.45) is 5.73 Å². The Morgan fingerprint density at radius 1 is 1.30 bits per heavy atom. The van der Waals surface area contributed by atoms with Crippen LogP contribution in [-0.4, -0.2) is 22.6 Å². The summed E-state index contributed by atoms with van der Waals surface area (Å²) < 4.78 is 5.32. The Bertz CT molecular complexity index is 414. The molecule has 112 valence electrons. The van der Waals surface area contributed by atoms with Crippen molar-refractivity contribution in [3.63, 3.8) is 0 Å². The van der Waals surface area contributed by atoms with Crippen LogP contribution >= 0.6 is 11.8 Å². The van der Waals surface area contributed by atoms with Gasteiger partial charge in [-0.1, -0.05) is 37.3 Å². The Labute approximate surface area is 126 Å². The molecular formula is C16H25NO2S. The second-order valence-electron chi connectivity index (χ2n) is 5.78. The number of thioether (sulfide) groups is 1. The second kappa shape index (κ2) is 7.70. The molecule has 4 heteroatoms. The normalized spacial score (nSPS) is 14.7. The number of rotatable bonds is 6. The fourth-order valence-electron chi connectivity index (χ4n) is 1.91. The van der Waals surface area contributed by atoms with E-state index >= 15 is 0 Å². The van der Waals surface area contributed by atoms with Crippen LogP contribution in [-0.2, 0) is 9.53 Å². The largest absolute Gasteiger partial charge is 0.459 e. The van der Waals surface area contributed by atoms with Crippen LogP contribution in [0.4, 0.5) is 0 Å². The Balaban J connectivity index is 2.53. The molecule has 1 rings (SSSR count). The number of benzene rings is 1. The van der Waals surface area contributed by atoms with Gasteiger partial charge in [-0.15, -0.1) is 11.8 Å². The van der Waals surface area contributed by atoms with Gasteiger partial charge in [0.05, 0.1) is 5.75 Å². The summed E-state index contributed by atoms with van der Waals surface area (Å²) >= 11 is 1.57. The third-order valence-corrected chi connectivity index (χ3v) is 4.28. The fourth-order valence-corrected chi connectivity index (χ4v) is 2.92. The maximum atomic E-state index is 11.8. The maximum absolute atomic E-state index is 11.8. The van der Waals surface area contributed by atoms with Crippen LogP contribution in [0.3, 0.4) is 0 Å². The molecule has 0 saturated heterocycles. The van der Waals surface area contributed by atoms with Crippen LogP contribution < -0.4 is 5.73 Å². The molecule has 0 heterocycles. The van der Waals surface area contributed by atoms with Crippen LogP contribution in [0.5, 0.6) is 0 Å². The molecule has 20 heavy (non-hydrogen) atoms. The Kier molecular flexibility index (Phi) is 6.56.